The van der Waals surface area contributed by atoms with Crippen molar-refractivity contribution in [1.29, 1.82) is 0 Å². The maximum absolute atomic E-state index is 12.4. The fourth-order valence-electron chi connectivity index (χ4n) is 2.39. The number of urea groups is 1. The second-order valence-corrected chi connectivity index (χ2v) is 5.01. The van der Waals surface area contributed by atoms with Gasteiger partial charge in [0, 0.05) is 18.9 Å². The summed E-state index contributed by atoms with van der Waals surface area (Å²) in [5.74, 6) is -0.680. The highest BCUT2D eigenvalue weighted by atomic mass is 16.6. The van der Waals surface area contributed by atoms with E-state index < -0.39 is 23.0 Å². The molecule has 0 spiro atoms. The minimum Gasteiger partial charge on any atom is -0.460 e. The second-order valence-electron chi connectivity index (χ2n) is 5.01. The molecule has 0 unspecified atom stereocenters. The third-order valence-corrected chi connectivity index (χ3v) is 3.45. The summed E-state index contributed by atoms with van der Waals surface area (Å²) >= 11 is 0. The number of nitro benzene ring substituents is 1. The van der Waals surface area contributed by atoms with E-state index in [-0.39, 0.29) is 35.7 Å². The number of para-hydroxylation sites is 1. The molecule has 0 bridgehead atoms. The molecule has 2 amide bonds. The van der Waals surface area contributed by atoms with E-state index in [0.717, 1.165) is 0 Å². The third-order valence-electron chi connectivity index (χ3n) is 3.45. The topological polar surface area (TPSA) is 120 Å². The second kappa shape index (κ2) is 7.55. The third kappa shape index (κ3) is 3.69. The van der Waals surface area contributed by atoms with Crippen molar-refractivity contribution in [1.82, 2.24) is 10.6 Å². The van der Waals surface area contributed by atoms with Crippen molar-refractivity contribution in [2.24, 2.45) is 0 Å². The monoisotopic (exact) mass is 335 g/mol. The Kier molecular flexibility index (Phi) is 5.48. The van der Waals surface area contributed by atoms with Crippen molar-refractivity contribution in [3.8, 4) is 0 Å². The van der Waals surface area contributed by atoms with Gasteiger partial charge in [-0.25, -0.2) is 9.59 Å². The number of esters is 1. The van der Waals surface area contributed by atoms with E-state index in [1.165, 1.54) is 32.2 Å². The summed E-state index contributed by atoms with van der Waals surface area (Å²) < 4.78 is 9.91. The van der Waals surface area contributed by atoms with Gasteiger partial charge < -0.3 is 20.1 Å². The molecule has 1 aliphatic heterocycles. The molecule has 24 heavy (non-hydrogen) atoms. The normalized spacial score (nSPS) is 17.1. The molecule has 0 radical (unpaired) electrons. The minimum atomic E-state index is -0.976. The molecular weight excluding hydrogens is 318 g/mol. The number of allylic oxidation sites excluding steroid dienone is 1. The van der Waals surface area contributed by atoms with Gasteiger partial charge in [-0.15, -0.1) is 0 Å². The smallest absolute Gasteiger partial charge is 0.338 e. The fraction of sp³-hybridized carbons (Fsp3) is 0.333. The highest BCUT2D eigenvalue weighted by Crippen LogP contribution is 2.33. The van der Waals surface area contributed by atoms with Crippen LogP contribution < -0.4 is 10.6 Å². The Hall–Kier alpha value is -2.94. The van der Waals surface area contributed by atoms with Crippen LogP contribution in [0.4, 0.5) is 10.5 Å². The maximum Gasteiger partial charge on any atom is 0.338 e. The summed E-state index contributed by atoms with van der Waals surface area (Å²) in [7, 11) is 1.47. The van der Waals surface area contributed by atoms with Gasteiger partial charge in [0.05, 0.1) is 28.7 Å². The Morgan fingerprint density at radius 3 is 2.71 bits per heavy atom. The van der Waals surface area contributed by atoms with E-state index in [4.69, 9.17) is 9.47 Å². The van der Waals surface area contributed by atoms with Crippen LogP contribution in [0.1, 0.15) is 18.5 Å². The Morgan fingerprint density at radius 1 is 1.33 bits per heavy atom. The van der Waals surface area contributed by atoms with Crippen LogP contribution in [-0.4, -0.2) is 37.2 Å². The molecule has 1 heterocycles. The van der Waals surface area contributed by atoms with Crippen molar-refractivity contribution in [2.75, 3.05) is 20.3 Å². The SMILES string of the molecule is COCCOC(=O)C1=C(C)NC(=O)N[C@@H]1c1ccccc1[N+](=O)[O-]. The lowest BCUT2D eigenvalue weighted by Crippen LogP contribution is -2.45. The molecule has 0 aliphatic carbocycles. The number of benzene rings is 1. The number of ether oxygens (including phenoxy) is 2. The summed E-state index contributed by atoms with van der Waals surface area (Å²) in [6, 6.07) is 4.38. The molecular formula is C15H17N3O6. The van der Waals surface area contributed by atoms with Gasteiger partial charge in [0.2, 0.25) is 0 Å². The molecule has 0 fully saturated rings. The van der Waals surface area contributed by atoms with Crippen molar-refractivity contribution < 1.29 is 24.0 Å². The van der Waals surface area contributed by atoms with Crippen LogP contribution in [0, 0.1) is 10.1 Å². The Bertz CT molecular complexity index is 700. The van der Waals surface area contributed by atoms with Crippen LogP contribution in [0.2, 0.25) is 0 Å². The molecule has 128 valence electrons. The van der Waals surface area contributed by atoms with Crippen LogP contribution in [-0.2, 0) is 14.3 Å². The number of methoxy groups -OCH3 is 1. The van der Waals surface area contributed by atoms with Gasteiger partial charge in [-0.3, -0.25) is 10.1 Å². The first-order chi connectivity index (χ1) is 11.5. The molecule has 0 saturated heterocycles. The molecule has 2 rings (SSSR count). The van der Waals surface area contributed by atoms with Gasteiger partial charge in [0.1, 0.15) is 6.61 Å². The van der Waals surface area contributed by atoms with Gasteiger partial charge in [-0.1, -0.05) is 12.1 Å². The van der Waals surface area contributed by atoms with E-state index in [2.05, 4.69) is 10.6 Å². The lowest BCUT2D eigenvalue weighted by atomic mass is 9.94. The van der Waals surface area contributed by atoms with Gasteiger partial charge in [0.25, 0.3) is 5.69 Å². The van der Waals surface area contributed by atoms with Gasteiger partial charge in [-0.2, -0.15) is 0 Å². The fourth-order valence-corrected chi connectivity index (χ4v) is 2.39. The quantitative estimate of drug-likeness (QED) is 0.351. The number of nitrogens with zero attached hydrogens (tertiary/aromatic N) is 1. The van der Waals surface area contributed by atoms with Gasteiger partial charge >= 0.3 is 12.0 Å². The molecule has 1 aliphatic rings. The van der Waals surface area contributed by atoms with E-state index in [0.29, 0.717) is 0 Å². The zero-order valence-corrected chi connectivity index (χ0v) is 13.2. The Morgan fingerprint density at radius 2 is 2.04 bits per heavy atom. The molecule has 0 aromatic heterocycles. The van der Waals surface area contributed by atoms with Crippen molar-refractivity contribution >= 4 is 17.7 Å². The summed E-state index contributed by atoms with van der Waals surface area (Å²) in [6.07, 6.45) is 0. The summed E-state index contributed by atoms with van der Waals surface area (Å²) in [5.41, 5.74) is 0.402. The summed E-state index contributed by atoms with van der Waals surface area (Å²) in [6.45, 7) is 1.78. The van der Waals surface area contributed by atoms with Crippen LogP contribution in [0.25, 0.3) is 0 Å². The van der Waals surface area contributed by atoms with E-state index in [1.807, 2.05) is 0 Å². The first-order valence-electron chi connectivity index (χ1n) is 7.13. The molecule has 9 heteroatoms. The van der Waals surface area contributed by atoms with E-state index in [1.54, 1.807) is 6.07 Å². The number of rotatable bonds is 6. The van der Waals surface area contributed by atoms with Crippen LogP contribution in [0.5, 0.6) is 0 Å². The lowest BCUT2D eigenvalue weighted by molar-refractivity contribution is -0.385. The number of carbonyl (C=O) groups is 2. The predicted molar refractivity (Wildman–Crippen MR) is 83.0 cm³/mol. The van der Waals surface area contributed by atoms with Crippen molar-refractivity contribution in [2.45, 2.75) is 13.0 Å². The van der Waals surface area contributed by atoms with Crippen LogP contribution in [0.3, 0.4) is 0 Å². The molecule has 2 N–H and O–H groups in total. The van der Waals surface area contributed by atoms with Crippen molar-refractivity contribution in [3.05, 3.63) is 51.2 Å². The van der Waals surface area contributed by atoms with Crippen molar-refractivity contribution in [3.63, 3.8) is 0 Å². The minimum absolute atomic E-state index is 0.0314. The van der Waals surface area contributed by atoms with Gasteiger partial charge in [-0.05, 0) is 13.0 Å². The summed E-state index contributed by atoms with van der Waals surface area (Å²) in [4.78, 5) is 34.8. The average Bonchev–Trinajstić information content (AvgIpc) is 2.54. The number of hydrogen-bond acceptors (Lipinski definition) is 6. The molecule has 9 nitrogen and oxygen atoms in total. The van der Waals surface area contributed by atoms with Crippen LogP contribution >= 0.6 is 0 Å². The highest BCUT2D eigenvalue weighted by molar-refractivity contribution is 5.95. The number of nitrogens with one attached hydrogen (secondary N) is 2. The van der Waals surface area contributed by atoms with Gasteiger partial charge in [0.15, 0.2) is 0 Å². The molecule has 1 atom stereocenters. The largest absolute Gasteiger partial charge is 0.460 e. The first kappa shape index (κ1) is 17.4. The van der Waals surface area contributed by atoms with Crippen LogP contribution in [0.15, 0.2) is 35.5 Å². The highest BCUT2D eigenvalue weighted by Gasteiger charge is 2.35. The maximum atomic E-state index is 12.4. The molecule has 1 aromatic carbocycles. The molecule has 1 aromatic rings. The standard InChI is InChI=1S/C15H17N3O6/c1-9-12(14(19)24-8-7-23-2)13(17-15(20)16-9)10-5-3-4-6-11(10)18(21)22/h3-6,13H,7-8H2,1-2H3,(H2,16,17,20)/t13-/m1/s1. The number of amides is 2. The van der Waals surface area contributed by atoms with E-state index >= 15 is 0 Å². The Balaban J connectivity index is 2.42. The Labute approximate surface area is 137 Å². The van der Waals surface area contributed by atoms with E-state index in [9.17, 15) is 19.7 Å². The molecule has 0 saturated carbocycles. The number of hydrogen-bond donors (Lipinski definition) is 2. The average molecular weight is 335 g/mol. The number of nitro groups is 1. The zero-order chi connectivity index (χ0) is 17.7. The zero-order valence-electron chi connectivity index (χ0n) is 13.2. The summed E-state index contributed by atoms with van der Waals surface area (Å²) in [5, 5.41) is 16.3. The number of carbonyl (C=O) groups excluding carboxylic acids is 2. The predicted octanol–water partition coefficient (Wildman–Crippen LogP) is 1.41. The first-order valence-corrected chi connectivity index (χ1v) is 7.13. The lowest BCUT2D eigenvalue weighted by Gasteiger charge is -2.27.